The Morgan fingerprint density at radius 1 is 1.00 bits per heavy atom. The van der Waals surface area contributed by atoms with E-state index in [-0.39, 0.29) is 54.9 Å². The van der Waals surface area contributed by atoms with Crippen LogP contribution in [0.4, 0.5) is 0 Å². The first kappa shape index (κ1) is 45.9. The summed E-state index contributed by atoms with van der Waals surface area (Å²) in [6.45, 7) is 0. The molecule has 0 aliphatic rings. The summed E-state index contributed by atoms with van der Waals surface area (Å²) in [6.07, 6.45) is 0. The van der Waals surface area contributed by atoms with Gasteiger partial charge in [-0.2, -0.15) is 0 Å². The average Bonchev–Trinajstić information content (AvgIpc) is 0. The van der Waals surface area contributed by atoms with Gasteiger partial charge in [0.15, 0.2) is 0 Å². The number of hydrogen-bond donors (Lipinski definition) is 0. The van der Waals surface area contributed by atoms with Gasteiger partial charge in [-0.25, -0.2) is 0 Å². The van der Waals surface area contributed by atoms with E-state index in [1.165, 1.54) is 0 Å². The molecule has 0 saturated carbocycles. The standard InChI is InChI=1S/C.Ni.P.W. The summed E-state index contributed by atoms with van der Waals surface area (Å²) in [7, 11) is 0. The van der Waals surface area contributed by atoms with Gasteiger partial charge in [0.1, 0.15) is 0 Å². The smallest absolute Gasteiger partial charge is 0 e. The summed E-state index contributed by atoms with van der Waals surface area (Å²) in [5.41, 5.74) is 0. The number of hydrogen-bond acceptors (Lipinski definition) is 0. The molecule has 0 fully saturated rings. The summed E-state index contributed by atoms with van der Waals surface area (Å²) in [4.78, 5) is 0. The van der Waals surface area contributed by atoms with Crippen molar-refractivity contribution in [1.82, 2.24) is 0 Å². The topological polar surface area (TPSA) is 0 Å². The molecule has 0 nitrogen and oxygen atoms in total. The third-order valence-corrected chi connectivity index (χ3v) is 0. The Morgan fingerprint density at radius 2 is 1.00 bits per heavy atom. The van der Waals surface area contributed by atoms with Gasteiger partial charge in [0.25, 0.3) is 0 Å². The average molecular weight is 286 g/mol. The van der Waals surface area contributed by atoms with E-state index < -0.39 is 0 Å². The van der Waals surface area contributed by atoms with Crippen LogP contribution in [-0.2, 0) is 37.6 Å². The Balaban J connectivity index is 0. The maximum Gasteiger partial charge on any atom is 0 e. The fourth-order valence-corrected chi connectivity index (χ4v) is 0. The first-order chi connectivity index (χ1) is 0. The molecule has 0 aliphatic carbocycles. The first-order valence-corrected chi connectivity index (χ1v) is 0. The van der Waals surface area contributed by atoms with Crippen molar-refractivity contribution in [2.45, 2.75) is 0 Å². The number of rotatable bonds is 0. The van der Waals surface area contributed by atoms with Crippen LogP contribution in [0.1, 0.15) is 0 Å². The maximum atomic E-state index is 0. The van der Waals surface area contributed by atoms with Crippen molar-refractivity contribution in [3.05, 3.63) is 7.43 Å². The molecule has 0 aromatic carbocycles. The van der Waals surface area contributed by atoms with E-state index in [2.05, 4.69) is 0 Å². The molecule has 4 heavy (non-hydrogen) atoms. The van der Waals surface area contributed by atoms with Gasteiger partial charge in [0.2, 0.25) is 0 Å². The van der Waals surface area contributed by atoms with Crippen molar-refractivity contribution in [3.8, 4) is 0 Å². The Hall–Kier alpha value is 1.61. The molecule has 0 aliphatic heterocycles. The van der Waals surface area contributed by atoms with E-state index in [1.54, 1.807) is 0 Å². The zero-order chi connectivity index (χ0) is 0. The predicted octanol–water partition coefficient (Wildman–Crippen LogP) is 0.937. The minimum atomic E-state index is 0. The molecule has 0 rings (SSSR count). The van der Waals surface area contributed by atoms with Crippen molar-refractivity contribution in [1.29, 1.82) is 0 Å². The first-order valence-electron chi connectivity index (χ1n) is 0. The zero-order valence-corrected chi connectivity index (χ0v) is 6.49. The van der Waals surface area contributed by atoms with Crippen LogP contribution in [0.2, 0.25) is 0 Å². The van der Waals surface area contributed by atoms with Crippen LogP contribution in [0.15, 0.2) is 0 Å². The summed E-state index contributed by atoms with van der Waals surface area (Å²) in [6, 6.07) is 0. The third-order valence-electron chi connectivity index (χ3n) is 0. The molecular formula is CNiPW. The Labute approximate surface area is 54.9 Å². The van der Waals surface area contributed by atoms with Crippen molar-refractivity contribution >= 4 is 9.90 Å². The van der Waals surface area contributed by atoms with Crippen LogP contribution >= 0.6 is 9.90 Å². The fraction of sp³-hybridized carbons (Fsp3) is 0. The molecule has 0 saturated heterocycles. The van der Waals surface area contributed by atoms with E-state index in [0.717, 1.165) is 0 Å². The molecule has 25 valence electrons. The summed E-state index contributed by atoms with van der Waals surface area (Å²) in [5, 5.41) is 0. The predicted molar refractivity (Wildman–Crippen MR) is 10.2 cm³/mol. The van der Waals surface area contributed by atoms with Crippen molar-refractivity contribution in [2.75, 3.05) is 0 Å². The molecule has 0 heterocycles. The van der Waals surface area contributed by atoms with Gasteiger partial charge in [-0.15, -0.1) is 0 Å². The molecular weight excluding hydrogens is 286 g/mol. The second-order valence-electron chi connectivity index (χ2n) is 0. The van der Waals surface area contributed by atoms with Crippen molar-refractivity contribution in [3.63, 3.8) is 0 Å². The maximum absolute atomic E-state index is 0. The van der Waals surface area contributed by atoms with Gasteiger partial charge in [-0.05, 0) is 0 Å². The van der Waals surface area contributed by atoms with Crippen LogP contribution in [-0.4, -0.2) is 0 Å². The Bertz CT molecular complexity index is 8.00. The molecule has 0 unspecified atom stereocenters. The van der Waals surface area contributed by atoms with Gasteiger partial charge in [-0.3, -0.25) is 0 Å². The Morgan fingerprint density at radius 3 is 1.00 bits per heavy atom. The molecule has 0 spiro atoms. The molecule has 0 aromatic heterocycles. The van der Waals surface area contributed by atoms with E-state index in [9.17, 15) is 0 Å². The molecule has 0 N–H and O–H groups in total. The van der Waals surface area contributed by atoms with Gasteiger partial charge in [0.05, 0.1) is 0 Å². The summed E-state index contributed by atoms with van der Waals surface area (Å²) >= 11 is 0. The van der Waals surface area contributed by atoms with Crippen LogP contribution in [0, 0.1) is 7.43 Å². The van der Waals surface area contributed by atoms with Crippen LogP contribution < -0.4 is 0 Å². The second kappa shape index (κ2) is 23.2. The largest absolute Gasteiger partial charge is 0 e. The van der Waals surface area contributed by atoms with Crippen LogP contribution in [0.25, 0.3) is 0 Å². The SMILES string of the molecule is [C].[Ni].[P].[W]. The minimum absolute atomic E-state index is 0. The van der Waals surface area contributed by atoms with Crippen LogP contribution in [0.3, 0.4) is 0 Å². The minimum Gasteiger partial charge on any atom is 0 e. The van der Waals surface area contributed by atoms with Gasteiger partial charge in [0, 0.05) is 54.9 Å². The second-order valence-corrected chi connectivity index (χ2v) is 0. The third kappa shape index (κ3) is 9.48. The molecule has 0 atom stereocenters. The normalized spacial score (nSPS) is 0. The summed E-state index contributed by atoms with van der Waals surface area (Å²) < 4.78 is 0. The monoisotopic (exact) mass is 285 g/mol. The van der Waals surface area contributed by atoms with Gasteiger partial charge >= 0.3 is 0 Å². The van der Waals surface area contributed by atoms with E-state index in [4.69, 9.17) is 0 Å². The quantitative estimate of drug-likeness (QED) is 0.459. The zero-order valence-electron chi connectivity index (χ0n) is 1.67. The van der Waals surface area contributed by atoms with E-state index >= 15 is 0 Å². The fourth-order valence-electron chi connectivity index (χ4n) is 0. The van der Waals surface area contributed by atoms with Crippen molar-refractivity contribution in [2.24, 2.45) is 0 Å². The van der Waals surface area contributed by atoms with Crippen molar-refractivity contribution < 1.29 is 37.6 Å². The van der Waals surface area contributed by atoms with Gasteiger partial charge < -0.3 is 0 Å². The molecule has 0 amide bonds. The molecule has 0 aromatic rings. The van der Waals surface area contributed by atoms with Crippen LogP contribution in [0.5, 0.6) is 0 Å². The van der Waals surface area contributed by atoms with E-state index in [1.807, 2.05) is 0 Å². The summed E-state index contributed by atoms with van der Waals surface area (Å²) in [5.74, 6) is 0. The molecule has 0 bridgehead atoms. The Kier molecular flexibility index (Phi) is 266. The molecule has 7 radical (unpaired) electrons. The van der Waals surface area contributed by atoms with E-state index in [0.29, 0.717) is 0 Å². The molecule has 3 heteroatoms. The van der Waals surface area contributed by atoms with Gasteiger partial charge in [-0.1, -0.05) is 0 Å².